The highest BCUT2D eigenvalue weighted by Crippen LogP contribution is 2.51. The first kappa shape index (κ1) is 43.6. The molecular weight excluding hydrogens is 870 g/mol. The zero-order chi connectivity index (χ0) is 49.7. The normalized spacial score (nSPS) is 14.6. The summed E-state index contributed by atoms with van der Waals surface area (Å²) in [7, 11) is 0. The van der Waals surface area contributed by atoms with Crippen molar-refractivity contribution in [2.24, 2.45) is 0 Å². The van der Waals surface area contributed by atoms with Gasteiger partial charge in [-0.05, 0) is 125 Å². The van der Waals surface area contributed by atoms with E-state index in [0.717, 1.165) is 0 Å². The Labute approximate surface area is 426 Å². The van der Waals surface area contributed by atoms with Crippen molar-refractivity contribution in [2.75, 3.05) is 9.80 Å². The van der Waals surface area contributed by atoms with Crippen molar-refractivity contribution in [3.8, 4) is 22.3 Å². The molecule has 72 heavy (non-hydrogen) atoms. The molecule has 4 nitrogen and oxygen atoms in total. The molecule has 0 saturated heterocycles. The van der Waals surface area contributed by atoms with Crippen LogP contribution in [0.1, 0.15) is 105 Å². The lowest BCUT2D eigenvalue weighted by molar-refractivity contribution is 0.590. The van der Waals surface area contributed by atoms with Gasteiger partial charge in [0.1, 0.15) is 0 Å². The molecule has 0 amide bonds. The molecule has 2 aromatic heterocycles. The molecule has 4 aliphatic rings. The summed E-state index contributed by atoms with van der Waals surface area (Å²) in [5.41, 5.74) is 28.7. The Hall–Kier alpha value is -7.17. The maximum Gasteiger partial charge on any atom is 0.333 e. The van der Waals surface area contributed by atoms with Gasteiger partial charge in [0.05, 0.1) is 11.0 Å². The topological polar surface area (TPSA) is 16.3 Å². The van der Waals surface area contributed by atoms with Gasteiger partial charge in [-0.25, -0.2) is 0 Å². The number of fused-ring (bicyclic) bond motifs is 13. The van der Waals surface area contributed by atoms with Crippen LogP contribution in [-0.2, 0) is 21.7 Å². The fraction of sp³-hybridized carbons (Fsp3) is 0.242. The zero-order valence-electron chi connectivity index (χ0n) is 44.0. The molecule has 4 aliphatic heterocycles. The average molecular weight is 933 g/mol. The van der Waals surface area contributed by atoms with E-state index in [9.17, 15) is 0 Å². The van der Waals surface area contributed by atoms with Crippen LogP contribution in [0.25, 0.3) is 55.1 Å². The molecule has 14 rings (SSSR count). The minimum atomic E-state index is -0.0624. The van der Waals surface area contributed by atoms with Crippen LogP contribution in [0, 0.1) is 0 Å². The number of anilines is 6. The van der Waals surface area contributed by atoms with E-state index in [0.29, 0.717) is 0 Å². The van der Waals surface area contributed by atoms with Crippen LogP contribution in [0.2, 0.25) is 0 Å². The molecule has 0 N–H and O–H groups in total. The van der Waals surface area contributed by atoms with E-state index in [1.54, 1.807) is 0 Å². The predicted octanol–water partition coefficient (Wildman–Crippen LogP) is 14.8. The van der Waals surface area contributed by atoms with E-state index in [2.05, 4.69) is 260 Å². The van der Waals surface area contributed by atoms with Crippen molar-refractivity contribution in [2.45, 2.75) is 105 Å². The quantitative estimate of drug-likeness (QED) is 0.161. The van der Waals surface area contributed by atoms with E-state index in [4.69, 9.17) is 0 Å². The zero-order valence-corrected chi connectivity index (χ0v) is 44.0. The number of aromatic nitrogens is 2. The predicted molar refractivity (Wildman–Crippen MR) is 311 cm³/mol. The molecule has 6 heteroatoms. The van der Waals surface area contributed by atoms with Crippen molar-refractivity contribution in [3.63, 3.8) is 0 Å². The average Bonchev–Trinajstić information content (AvgIpc) is 3.87. The Balaban J connectivity index is 1.09. The summed E-state index contributed by atoms with van der Waals surface area (Å²) in [4.78, 5) is 5.11. The van der Waals surface area contributed by atoms with Crippen LogP contribution in [0.15, 0.2) is 158 Å². The second-order valence-electron chi connectivity index (χ2n) is 25.4. The van der Waals surface area contributed by atoms with Gasteiger partial charge >= 0.3 is 13.7 Å². The molecule has 0 unspecified atom stereocenters. The first-order chi connectivity index (χ1) is 34.3. The molecule has 0 aliphatic carbocycles. The van der Waals surface area contributed by atoms with Crippen LogP contribution in [0.4, 0.5) is 34.1 Å². The lowest BCUT2D eigenvalue weighted by atomic mass is 9.44. The fourth-order valence-electron chi connectivity index (χ4n) is 13.2. The summed E-state index contributed by atoms with van der Waals surface area (Å²) in [6.07, 6.45) is 0. The Morgan fingerprint density at radius 1 is 0.306 bits per heavy atom. The number of benzene rings is 8. The van der Waals surface area contributed by atoms with Crippen molar-refractivity contribution in [1.82, 2.24) is 8.96 Å². The summed E-state index contributed by atoms with van der Waals surface area (Å²) >= 11 is 0. The number of hydrogen-bond acceptors (Lipinski definition) is 2. The lowest BCUT2D eigenvalue weighted by Gasteiger charge is -2.41. The largest absolute Gasteiger partial charge is 0.374 e. The molecule has 8 aromatic carbocycles. The third-order valence-electron chi connectivity index (χ3n) is 16.9. The molecule has 352 valence electrons. The smallest absolute Gasteiger partial charge is 0.333 e. The lowest BCUT2D eigenvalue weighted by Crippen LogP contribution is -2.57. The van der Waals surface area contributed by atoms with Crippen LogP contribution < -0.4 is 31.7 Å². The molecule has 0 bridgehead atoms. The highest BCUT2D eigenvalue weighted by molar-refractivity contribution is 6.92. The molecule has 0 spiro atoms. The second kappa shape index (κ2) is 14.3. The molecule has 0 radical (unpaired) electrons. The first-order valence-electron chi connectivity index (χ1n) is 26.3. The van der Waals surface area contributed by atoms with Crippen molar-refractivity contribution >= 4 is 103 Å². The highest BCUT2D eigenvalue weighted by atomic mass is 15.2. The van der Waals surface area contributed by atoms with Crippen LogP contribution in [0.3, 0.4) is 0 Å². The Morgan fingerprint density at radius 2 is 0.639 bits per heavy atom. The van der Waals surface area contributed by atoms with Gasteiger partial charge in [-0.3, -0.25) is 0 Å². The van der Waals surface area contributed by atoms with Crippen molar-refractivity contribution < 1.29 is 0 Å². The Kier molecular flexibility index (Phi) is 8.65. The molecule has 0 atom stereocenters. The van der Waals surface area contributed by atoms with Crippen molar-refractivity contribution in [3.05, 3.63) is 180 Å². The van der Waals surface area contributed by atoms with Crippen LogP contribution in [0.5, 0.6) is 0 Å². The van der Waals surface area contributed by atoms with Gasteiger partial charge in [-0.15, -0.1) is 0 Å². The molecule has 6 heterocycles. The number of para-hydroxylation sites is 2. The molecule has 0 fully saturated rings. The van der Waals surface area contributed by atoms with Gasteiger partial charge in [0.15, 0.2) is 0 Å². The van der Waals surface area contributed by atoms with Gasteiger partial charge in [-0.2, -0.15) is 0 Å². The number of hydrogen-bond donors (Lipinski definition) is 0. The molecule has 10 aromatic rings. The maximum absolute atomic E-state index is 2.80. The Morgan fingerprint density at radius 3 is 1.00 bits per heavy atom. The third kappa shape index (κ3) is 5.84. The number of nitrogens with zero attached hydrogens (tertiary/aromatic N) is 4. The monoisotopic (exact) mass is 933 g/mol. The minimum absolute atomic E-state index is 0.0438. The fourth-order valence-corrected chi connectivity index (χ4v) is 13.2. The van der Waals surface area contributed by atoms with Crippen molar-refractivity contribution in [1.29, 1.82) is 0 Å². The second-order valence-corrected chi connectivity index (χ2v) is 25.4. The van der Waals surface area contributed by atoms with Crippen LogP contribution in [-0.4, -0.2) is 22.7 Å². The third-order valence-corrected chi connectivity index (χ3v) is 16.9. The highest BCUT2D eigenvalue weighted by Gasteiger charge is 2.48. The summed E-state index contributed by atoms with van der Waals surface area (Å²) in [5.74, 6) is 0. The van der Waals surface area contributed by atoms with Gasteiger partial charge in [0.25, 0.3) is 0 Å². The van der Waals surface area contributed by atoms with E-state index >= 15 is 0 Å². The summed E-state index contributed by atoms with van der Waals surface area (Å²) in [6.45, 7) is 27.8. The summed E-state index contributed by atoms with van der Waals surface area (Å²) in [6, 6.07) is 61.8. The first-order valence-corrected chi connectivity index (χ1v) is 26.3. The summed E-state index contributed by atoms with van der Waals surface area (Å²) < 4.78 is 5.60. The van der Waals surface area contributed by atoms with Gasteiger partial charge < -0.3 is 18.8 Å². The van der Waals surface area contributed by atoms with E-state index < -0.39 is 0 Å². The Bertz CT molecular complexity index is 3710. The van der Waals surface area contributed by atoms with Gasteiger partial charge in [-0.1, -0.05) is 192 Å². The maximum atomic E-state index is 2.80. The number of rotatable bonds is 2. The standard InChI is InChI=1S/C66H62B2N4/c1-63(2,3)39-25-31-43(32-26-39)69-53-35-29-41(65(7,8)9)37-51(53)67-57-45(17-15-23-55(57)69)47-19-13-21-49-59(47)71(67)61-50-22-14-20-48-46-18-16-24-56-58(46)68(72(60(48)50)62(49)61)52-38-42(66(10,11)12)30-36-54(52)70(56)44-33-27-40(28-34-44)64(4,5)6/h13-38H,1-12H3. The minimum Gasteiger partial charge on any atom is -0.374 e. The van der Waals surface area contributed by atoms with Gasteiger partial charge in [0, 0.05) is 67.1 Å². The van der Waals surface area contributed by atoms with Gasteiger partial charge in [0.2, 0.25) is 0 Å². The SMILES string of the molecule is CC(C)(C)c1ccc(N2c3ccc(C(C)(C)C)cc3B3c4c(cccc42)-c2cccc4c2n3c2c3cccc5c3n(c42)B2c3cc(C(C)(C)C)ccc3N(c3ccc(C(C)(C)C)cc3)c3cccc-5c32)cc1. The van der Waals surface area contributed by atoms with E-state index in [-0.39, 0.29) is 35.4 Å². The summed E-state index contributed by atoms with van der Waals surface area (Å²) in [5, 5.41) is 2.62. The van der Waals surface area contributed by atoms with E-state index in [1.807, 2.05) is 0 Å². The van der Waals surface area contributed by atoms with E-state index in [1.165, 1.54) is 133 Å². The molecule has 0 saturated carbocycles. The van der Waals surface area contributed by atoms with Crippen LogP contribution >= 0.6 is 0 Å². The molecular formula is C66H62B2N4.